The number of aryl methyl sites for hydroxylation is 2. The maximum Gasteiger partial charge on any atom is 0.303 e. The Morgan fingerprint density at radius 2 is 2.19 bits per heavy atom. The highest BCUT2D eigenvalue weighted by atomic mass is 16.4. The number of hydrogen-bond donors (Lipinski definition) is 1. The molecular formula is C15H21N3O3. The normalized spacial score (nSPS) is 18.6. The van der Waals surface area contributed by atoms with Crippen molar-refractivity contribution >= 4 is 11.9 Å². The molecule has 6 nitrogen and oxygen atoms in total. The number of amides is 1. The third-order valence-corrected chi connectivity index (χ3v) is 3.75. The van der Waals surface area contributed by atoms with Gasteiger partial charge in [0, 0.05) is 43.7 Å². The second kappa shape index (κ2) is 6.65. The molecule has 1 N–H and O–H groups in total. The Kier molecular flexibility index (Phi) is 4.88. The Hall–Kier alpha value is -1.98. The first-order valence-corrected chi connectivity index (χ1v) is 7.27. The fraction of sp³-hybridized carbons (Fsp3) is 0.600. The minimum absolute atomic E-state index is 0.0696. The molecule has 1 aromatic rings. The van der Waals surface area contributed by atoms with Gasteiger partial charge in [-0.2, -0.15) is 0 Å². The van der Waals surface area contributed by atoms with E-state index in [0.29, 0.717) is 13.0 Å². The van der Waals surface area contributed by atoms with Crippen molar-refractivity contribution in [1.82, 2.24) is 14.9 Å². The van der Waals surface area contributed by atoms with Gasteiger partial charge in [-0.05, 0) is 25.8 Å². The molecule has 0 aliphatic carbocycles. The number of carbonyl (C=O) groups is 2. The second-order valence-electron chi connectivity index (χ2n) is 5.56. The van der Waals surface area contributed by atoms with E-state index in [4.69, 9.17) is 5.11 Å². The fourth-order valence-corrected chi connectivity index (χ4v) is 2.68. The third-order valence-electron chi connectivity index (χ3n) is 3.75. The van der Waals surface area contributed by atoms with E-state index in [-0.39, 0.29) is 18.2 Å². The molecule has 1 aliphatic rings. The fourth-order valence-electron chi connectivity index (χ4n) is 2.68. The van der Waals surface area contributed by atoms with Crippen molar-refractivity contribution in [2.24, 2.45) is 0 Å². The van der Waals surface area contributed by atoms with E-state index < -0.39 is 5.97 Å². The number of piperidine rings is 1. The van der Waals surface area contributed by atoms with Gasteiger partial charge >= 0.3 is 5.97 Å². The van der Waals surface area contributed by atoms with Crippen LogP contribution in [-0.2, 0) is 16.0 Å². The van der Waals surface area contributed by atoms with Crippen molar-refractivity contribution in [2.45, 2.75) is 45.4 Å². The molecule has 1 saturated heterocycles. The summed E-state index contributed by atoms with van der Waals surface area (Å²) >= 11 is 0. The Labute approximate surface area is 124 Å². The first-order chi connectivity index (χ1) is 9.95. The quantitative estimate of drug-likeness (QED) is 0.909. The van der Waals surface area contributed by atoms with Crippen molar-refractivity contribution < 1.29 is 14.7 Å². The van der Waals surface area contributed by atoms with Crippen LogP contribution in [0.3, 0.4) is 0 Å². The van der Waals surface area contributed by atoms with Crippen LogP contribution in [0.4, 0.5) is 0 Å². The molecule has 0 bridgehead atoms. The van der Waals surface area contributed by atoms with Crippen LogP contribution in [0, 0.1) is 6.92 Å². The molecule has 1 atom stereocenters. The van der Waals surface area contributed by atoms with Crippen LogP contribution in [0.5, 0.6) is 0 Å². The van der Waals surface area contributed by atoms with E-state index in [9.17, 15) is 9.59 Å². The lowest BCUT2D eigenvalue weighted by Crippen LogP contribution is -2.38. The summed E-state index contributed by atoms with van der Waals surface area (Å²) in [6.45, 7) is 4.92. The molecule has 0 radical (unpaired) electrons. The van der Waals surface area contributed by atoms with Gasteiger partial charge in [0.1, 0.15) is 5.82 Å². The Morgan fingerprint density at radius 3 is 2.86 bits per heavy atom. The number of aliphatic carboxylic acids is 1. The van der Waals surface area contributed by atoms with Gasteiger partial charge in [0.2, 0.25) is 5.91 Å². The van der Waals surface area contributed by atoms with Crippen LogP contribution in [-0.4, -0.2) is 44.9 Å². The van der Waals surface area contributed by atoms with Crippen molar-refractivity contribution in [3.05, 3.63) is 23.3 Å². The minimum atomic E-state index is -0.826. The van der Waals surface area contributed by atoms with Crippen molar-refractivity contribution in [2.75, 3.05) is 13.1 Å². The highest BCUT2D eigenvalue weighted by Crippen LogP contribution is 2.25. The van der Waals surface area contributed by atoms with E-state index in [1.807, 2.05) is 17.9 Å². The molecule has 0 aromatic carbocycles. The largest absolute Gasteiger partial charge is 0.481 e. The van der Waals surface area contributed by atoms with E-state index in [1.54, 1.807) is 6.92 Å². The van der Waals surface area contributed by atoms with Gasteiger partial charge in [0.05, 0.1) is 6.42 Å². The molecule has 1 aliphatic heterocycles. The number of likely N-dealkylation sites (tertiary alicyclic amines) is 1. The average molecular weight is 291 g/mol. The zero-order chi connectivity index (χ0) is 15.4. The molecule has 2 heterocycles. The predicted molar refractivity (Wildman–Crippen MR) is 77.0 cm³/mol. The summed E-state index contributed by atoms with van der Waals surface area (Å²) < 4.78 is 0. The summed E-state index contributed by atoms with van der Waals surface area (Å²) in [6, 6.07) is 1.83. The van der Waals surface area contributed by atoms with Crippen LogP contribution in [0.1, 0.15) is 49.3 Å². The molecule has 6 heteroatoms. The van der Waals surface area contributed by atoms with E-state index in [0.717, 1.165) is 36.6 Å². The maximum absolute atomic E-state index is 11.5. The number of aromatic nitrogens is 2. The van der Waals surface area contributed by atoms with Gasteiger partial charge in [-0.25, -0.2) is 9.97 Å². The van der Waals surface area contributed by atoms with Crippen LogP contribution in [0.25, 0.3) is 0 Å². The Morgan fingerprint density at radius 1 is 1.43 bits per heavy atom. The highest BCUT2D eigenvalue weighted by molar-refractivity contribution is 5.73. The minimum Gasteiger partial charge on any atom is -0.481 e. The maximum atomic E-state index is 11.5. The molecule has 1 amide bonds. The molecule has 0 unspecified atom stereocenters. The standard InChI is InChI=1S/C15H21N3O3/c1-10-8-13(5-6-14(20)21)17-15(16-10)12-4-3-7-18(9-12)11(2)19/h8,12H,3-7,9H2,1-2H3,(H,20,21)/t12-/m0/s1. The van der Waals surface area contributed by atoms with Gasteiger partial charge < -0.3 is 10.0 Å². The zero-order valence-electron chi connectivity index (χ0n) is 12.5. The van der Waals surface area contributed by atoms with Crippen LogP contribution >= 0.6 is 0 Å². The zero-order valence-corrected chi connectivity index (χ0v) is 12.5. The number of carboxylic acids is 1. The van der Waals surface area contributed by atoms with Crippen molar-refractivity contribution in [3.63, 3.8) is 0 Å². The van der Waals surface area contributed by atoms with Gasteiger partial charge in [-0.3, -0.25) is 9.59 Å². The molecular weight excluding hydrogens is 270 g/mol. The van der Waals surface area contributed by atoms with Gasteiger partial charge in [-0.15, -0.1) is 0 Å². The molecule has 2 rings (SSSR count). The van der Waals surface area contributed by atoms with Crippen LogP contribution < -0.4 is 0 Å². The highest BCUT2D eigenvalue weighted by Gasteiger charge is 2.25. The summed E-state index contributed by atoms with van der Waals surface area (Å²) in [5.41, 5.74) is 1.61. The first-order valence-electron chi connectivity index (χ1n) is 7.27. The lowest BCUT2D eigenvalue weighted by Gasteiger charge is -2.31. The van der Waals surface area contributed by atoms with Crippen molar-refractivity contribution in [3.8, 4) is 0 Å². The molecule has 1 fully saturated rings. The van der Waals surface area contributed by atoms with E-state index in [2.05, 4.69) is 9.97 Å². The summed E-state index contributed by atoms with van der Waals surface area (Å²) in [5.74, 6) is 0.138. The van der Waals surface area contributed by atoms with Gasteiger partial charge in [0.15, 0.2) is 0 Å². The van der Waals surface area contributed by atoms with Crippen LogP contribution in [0.2, 0.25) is 0 Å². The number of nitrogens with zero attached hydrogens (tertiary/aromatic N) is 3. The second-order valence-corrected chi connectivity index (χ2v) is 5.56. The number of carboxylic acid groups (broad SMARTS) is 1. The van der Waals surface area contributed by atoms with Gasteiger partial charge in [-0.1, -0.05) is 0 Å². The van der Waals surface area contributed by atoms with Crippen LogP contribution in [0.15, 0.2) is 6.07 Å². The number of hydrogen-bond acceptors (Lipinski definition) is 4. The Bertz CT molecular complexity index is 545. The first kappa shape index (κ1) is 15.4. The van der Waals surface area contributed by atoms with Crippen molar-refractivity contribution in [1.29, 1.82) is 0 Å². The molecule has 1 aromatic heterocycles. The van der Waals surface area contributed by atoms with E-state index in [1.165, 1.54) is 0 Å². The monoisotopic (exact) mass is 291 g/mol. The molecule has 0 spiro atoms. The smallest absolute Gasteiger partial charge is 0.303 e. The summed E-state index contributed by atoms with van der Waals surface area (Å²) in [6.07, 6.45) is 2.40. The van der Waals surface area contributed by atoms with E-state index >= 15 is 0 Å². The summed E-state index contributed by atoms with van der Waals surface area (Å²) in [7, 11) is 0. The molecule has 0 saturated carbocycles. The Balaban J connectivity index is 2.14. The molecule has 21 heavy (non-hydrogen) atoms. The summed E-state index contributed by atoms with van der Waals surface area (Å²) in [4.78, 5) is 33.0. The topological polar surface area (TPSA) is 83.4 Å². The van der Waals surface area contributed by atoms with Gasteiger partial charge in [0.25, 0.3) is 0 Å². The average Bonchev–Trinajstić information content (AvgIpc) is 2.44. The lowest BCUT2D eigenvalue weighted by atomic mass is 9.96. The molecule has 114 valence electrons. The number of carbonyl (C=O) groups excluding carboxylic acids is 1. The predicted octanol–water partition coefficient (Wildman–Crippen LogP) is 1.53. The SMILES string of the molecule is CC(=O)N1CCC[C@H](c2nc(C)cc(CCC(=O)O)n2)C1. The third kappa shape index (κ3) is 4.24. The summed E-state index contributed by atoms with van der Waals surface area (Å²) in [5, 5.41) is 8.77. The number of rotatable bonds is 4. The lowest BCUT2D eigenvalue weighted by molar-refractivity contribution is -0.137.